The molecule has 0 saturated carbocycles. The van der Waals surface area contributed by atoms with E-state index in [0.717, 1.165) is 17.4 Å². The summed E-state index contributed by atoms with van der Waals surface area (Å²) in [6, 6.07) is 19.7. The first kappa shape index (κ1) is 21.2. The highest BCUT2D eigenvalue weighted by molar-refractivity contribution is 6.03. The van der Waals surface area contributed by atoms with Crippen molar-refractivity contribution in [3.8, 4) is 11.5 Å². The zero-order chi connectivity index (χ0) is 22.5. The number of hydrogen-bond donors (Lipinski definition) is 0. The van der Waals surface area contributed by atoms with Crippen LogP contribution in [0, 0.1) is 5.82 Å². The van der Waals surface area contributed by atoms with Crippen molar-refractivity contribution in [1.82, 2.24) is 5.01 Å². The maximum absolute atomic E-state index is 13.3. The fraction of sp³-hybridized carbons (Fsp3) is 0.160. The van der Waals surface area contributed by atoms with E-state index in [1.54, 1.807) is 43.5 Å². The second-order valence-corrected chi connectivity index (χ2v) is 7.26. The third kappa shape index (κ3) is 4.67. The second-order valence-electron chi connectivity index (χ2n) is 7.26. The average Bonchev–Trinajstić information content (AvgIpc) is 3.29. The van der Waals surface area contributed by atoms with E-state index in [-0.39, 0.29) is 24.4 Å². The number of methoxy groups -OCH3 is 1. The highest BCUT2D eigenvalue weighted by Gasteiger charge is 2.33. The van der Waals surface area contributed by atoms with Crippen molar-refractivity contribution < 1.29 is 23.5 Å². The van der Waals surface area contributed by atoms with Crippen molar-refractivity contribution in [2.24, 2.45) is 5.10 Å². The molecule has 0 spiro atoms. The molecule has 1 heterocycles. The minimum absolute atomic E-state index is 0.215. The number of benzene rings is 3. The molecule has 6 nitrogen and oxygen atoms in total. The average molecular weight is 432 g/mol. The number of rotatable bonds is 7. The SMILES string of the molecule is COc1ccc(C2CC(c3ccc(F)cc3)=NN2C(=O)COc2ccc(C=O)cc2)cc1. The van der Waals surface area contributed by atoms with E-state index in [1.807, 2.05) is 24.3 Å². The number of carbonyl (C=O) groups excluding carboxylic acids is 2. The van der Waals surface area contributed by atoms with Gasteiger partial charge in [0, 0.05) is 12.0 Å². The van der Waals surface area contributed by atoms with Crippen molar-refractivity contribution in [1.29, 1.82) is 0 Å². The summed E-state index contributed by atoms with van der Waals surface area (Å²) in [6.45, 7) is -0.215. The second kappa shape index (κ2) is 9.43. The molecule has 1 amide bonds. The number of carbonyl (C=O) groups is 2. The first-order valence-corrected chi connectivity index (χ1v) is 10.0. The summed E-state index contributed by atoms with van der Waals surface area (Å²) < 4.78 is 24.2. The summed E-state index contributed by atoms with van der Waals surface area (Å²) in [6.07, 6.45) is 1.22. The molecule has 1 aliphatic heterocycles. The molecule has 0 bridgehead atoms. The van der Waals surface area contributed by atoms with Crippen LogP contribution in [0.25, 0.3) is 0 Å². The molecule has 3 aromatic rings. The molecule has 1 atom stereocenters. The van der Waals surface area contributed by atoms with Crippen molar-refractivity contribution in [3.63, 3.8) is 0 Å². The molecule has 0 aromatic heterocycles. The lowest BCUT2D eigenvalue weighted by Crippen LogP contribution is -2.31. The molecule has 1 unspecified atom stereocenters. The van der Waals surface area contributed by atoms with E-state index in [0.29, 0.717) is 29.2 Å². The van der Waals surface area contributed by atoms with Gasteiger partial charge < -0.3 is 9.47 Å². The molecule has 32 heavy (non-hydrogen) atoms. The first-order valence-electron chi connectivity index (χ1n) is 10.0. The molecule has 4 rings (SSSR count). The molecule has 3 aromatic carbocycles. The number of ether oxygens (including phenoxy) is 2. The molecule has 0 fully saturated rings. The topological polar surface area (TPSA) is 68.2 Å². The first-order chi connectivity index (χ1) is 15.6. The van der Waals surface area contributed by atoms with Crippen molar-refractivity contribution in [2.75, 3.05) is 13.7 Å². The van der Waals surface area contributed by atoms with Gasteiger partial charge in [-0.3, -0.25) is 9.59 Å². The van der Waals surface area contributed by atoms with Crippen LogP contribution >= 0.6 is 0 Å². The van der Waals surface area contributed by atoms with Crippen LogP contribution in [-0.2, 0) is 4.79 Å². The van der Waals surface area contributed by atoms with Crippen LogP contribution in [0.2, 0.25) is 0 Å². The van der Waals surface area contributed by atoms with E-state index in [2.05, 4.69) is 5.10 Å². The smallest absolute Gasteiger partial charge is 0.281 e. The van der Waals surface area contributed by atoms with E-state index < -0.39 is 0 Å². The maximum Gasteiger partial charge on any atom is 0.281 e. The van der Waals surface area contributed by atoms with Gasteiger partial charge in [-0.2, -0.15) is 5.10 Å². The van der Waals surface area contributed by atoms with Gasteiger partial charge in [-0.15, -0.1) is 0 Å². The number of aldehydes is 1. The zero-order valence-corrected chi connectivity index (χ0v) is 17.4. The van der Waals surface area contributed by atoms with Crippen molar-refractivity contribution >= 4 is 17.9 Å². The fourth-order valence-electron chi connectivity index (χ4n) is 3.50. The monoisotopic (exact) mass is 432 g/mol. The number of amides is 1. The lowest BCUT2D eigenvalue weighted by atomic mass is 9.98. The summed E-state index contributed by atoms with van der Waals surface area (Å²) >= 11 is 0. The molecule has 0 saturated heterocycles. The summed E-state index contributed by atoms with van der Waals surface area (Å²) in [7, 11) is 1.59. The van der Waals surface area contributed by atoms with Crippen LogP contribution in [0.15, 0.2) is 77.9 Å². The summed E-state index contributed by atoms with van der Waals surface area (Å²) in [5.41, 5.74) is 2.87. The predicted octanol–water partition coefficient (Wildman–Crippen LogP) is 4.40. The van der Waals surface area contributed by atoms with Gasteiger partial charge in [0.1, 0.15) is 23.6 Å². The minimum Gasteiger partial charge on any atom is -0.497 e. The van der Waals surface area contributed by atoms with E-state index >= 15 is 0 Å². The third-order valence-electron chi connectivity index (χ3n) is 5.22. The molecule has 0 N–H and O–H groups in total. The largest absolute Gasteiger partial charge is 0.497 e. The molecule has 0 aliphatic carbocycles. The lowest BCUT2D eigenvalue weighted by molar-refractivity contribution is -0.135. The van der Waals surface area contributed by atoms with Gasteiger partial charge in [0.05, 0.1) is 18.9 Å². The highest BCUT2D eigenvalue weighted by atomic mass is 19.1. The summed E-state index contributed by atoms with van der Waals surface area (Å²) in [4.78, 5) is 23.8. The minimum atomic E-state index is -0.332. The summed E-state index contributed by atoms with van der Waals surface area (Å²) in [5.74, 6) is 0.543. The van der Waals surface area contributed by atoms with Crippen LogP contribution < -0.4 is 9.47 Å². The Kier molecular flexibility index (Phi) is 6.26. The Morgan fingerprint density at radius 2 is 1.69 bits per heavy atom. The Balaban J connectivity index is 1.56. The van der Waals surface area contributed by atoms with Crippen LogP contribution in [0.4, 0.5) is 4.39 Å². The van der Waals surface area contributed by atoms with Gasteiger partial charge in [-0.1, -0.05) is 24.3 Å². The van der Waals surface area contributed by atoms with Gasteiger partial charge in [0.15, 0.2) is 6.61 Å². The molecule has 1 aliphatic rings. The zero-order valence-electron chi connectivity index (χ0n) is 17.4. The maximum atomic E-state index is 13.3. The predicted molar refractivity (Wildman–Crippen MR) is 117 cm³/mol. The molecular formula is C25H21FN2O4. The Morgan fingerprint density at radius 1 is 1.03 bits per heavy atom. The normalized spacial score (nSPS) is 15.2. The Labute approximate surface area is 184 Å². The molecule has 0 radical (unpaired) electrons. The van der Waals surface area contributed by atoms with Gasteiger partial charge in [0.2, 0.25) is 0 Å². The van der Waals surface area contributed by atoms with Gasteiger partial charge in [0.25, 0.3) is 5.91 Å². The van der Waals surface area contributed by atoms with Crippen LogP contribution in [0.1, 0.15) is 33.9 Å². The third-order valence-corrected chi connectivity index (χ3v) is 5.22. The van der Waals surface area contributed by atoms with E-state index in [9.17, 15) is 14.0 Å². The summed E-state index contributed by atoms with van der Waals surface area (Å²) in [5, 5.41) is 5.97. The van der Waals surface area contributed by atoms with Crippen molar-refractivity contribution in [3.05, 3.63) is 95.3 Å². The lowest BCUT2D eigenvalue weighted by Gasteiger charge is -2.22. The quantitative estimate of drug-likeness (QED) is 0.519. The number of hydrogen-bond acceptors (Lipinski definition) is 5. The fourth-order valence-corrected chi connectivity index (χ4v) is 3.50. The van der Waals surface area contributed by atoms with Crippen molar-refractivity contribution in [2.45, 2.75) is 12.5 Å². The van der Waals surface area contributed by atoms with E-state index in [4.69, 9.17) is 9.47 Å². The highest BCUT2D eigenvalue weighted by Crippen LogP contribution is 2.33. The Bertz CT molecular complexity index is 1130. The number of halogens is 1. The van der Waals surface area contributed by atoms with Crippen LogP contribution in [-0.4, -0.2) is 36.6 Å². The Morgan fingerprint density at radius 3 is 2.31 bits per heavy atom. The van der Waals surface area contributed by atoms with Gasteiger partial charge in [-0.05, 0) is 59.7 Å². The van der Waals surface area contributed by atoms with Gasteiger partial charge >= 0.3 is 0 Å². The van der Waals surface area contributed by atoms with E-state index in [1.165, 1.54) is 17.1 Å². The Hall–Kier alpha value is -4.00. The molecular weight excluding hydrogens is 411 g/mol. The van der Waals surface area contributed by atoms with Crippen LogP contribution in [0.5, 0.6) is 11.5 Å². The standard InChI is InChI=1S/C25H21FN2O4/c1-31-21-12-6-19(7-13-21)24-14-23(18-4-8-20(26)9-5-18)27-28(24)25(30)16-32-22-10-2-17(15-29)3-11-22/h2-13,15,24H,14,16H2,1H3. The number of hydrazone groups is 1. The number of nitrogens with zero attached hydrogens (tertiary/aromatic N) is 2. The molecule has 7 heteroatoms. The molecule has 162 valence electrons. The van der Waals surface area contributed by atoms with Crippen LogP contribution in [0.3, 0.4) is 0 Å². The van der Waals surface area contributed by atoms with Gasteiger partial charge in [-0.25, -0.2) is 9.40 Å².